The molecule has 0 radical (unpaired) electrons. The van der Waals surface area contributed by atoms with Crippen molar-refractivity contribution >= 4 is 23.4 Å². The Morgan fingerprint density at radius 2 is 2.31 bits per heavy atom. The van der Waals surface area contributed by atoms with Crippen molar-refractivity contribution in [2.45, 2.75) is 6.42 Å². The molecule has 1 rings (SSSR count). The van der Waals surface area contributed by atoms with Crippen LogP contribution in [0.5, 0.6) is 0 Å². The molecule has 0 aromatic heterocycles. The summed E-state index contributed by atoms with van der Waals surface area (Å²) in [6.07, 6.45) is 2.97. The van der Waals surface area contributed by atoms with Crippen LogP contribution in [0, 0.1) is 5.82 Å². The highest BCUT2D eigenvalue weighted by Gasteiger charge is 2.06. The van der Waals surface area contributed by atoms with Crippen molar-refractivity contribution in [3.8, 4) is 0 Å². The zero-order valence-corrected chi connectivity index (χ0v) is 9.94. The summed E-state index contributed by atoms with van der Waals surface area (Å²) in [5, 5.41) is 2.95. The van der Waals surface area contributed by atoms with Gasteiger partial charge in [0.25, 0.3) is 0 Å². The van der Waals surface area contributed by atoms with Crippen LogP contribution in [0.4, 0.5) is 10.1 Å². The summed E-state index contributed by atoms with van der Waals surface area (Å²) < 4.78 is 13.3. The van der Waals surface area contributed by atoms with E-state index in [9.17, 15) is 9.18 Å². The molecule has 1 amide bonds. The number of nitrogens with one attached hydrogen (secondary N) is 1. The van der Waals surface area contributed by atoms with Crippen molar-refractivity contribution in [2.75, 3.05) is 23.9 Å². The van der Waals surface area contributed by atoms with Gasteiger partial charge >= 0.3 is 0 Å². The third-order valence-corrected chi connectivity index (χ3v) is 2.79. The molecule has 0 atom stereocenters. The second-order valence-corrected chi connectivity index (χ2v) is 4.32. The molecular weight excluding hydrogens is 227 g/mol. The molecule has 0 heterocycles. The summed E-state index contributed by atoms with van der Waals surface area (Å²) in [5.41, 5.74) is 5.76. The first-order valence-corrected chi connectivity index (χ1v) is 6.36. The van der Waals surface area contributed by atoms with E-state index in [4.69, 9.17) is 5.73 Å². The lowest BCUT2D eigenvalue weighted by atomic mass is 10.2. The van der Waals surface area contributed by atoms with Gasteiger partial charge in [0.05, 0.1) is 5.69 Å². The van der Waals surface area contributed by atoms with E-state index in [2.05, 4.69) is 5.32 Å². The lowest BCUT2D eigenvalue weighted by Crippen LogP contribution is -2.12. The smallest absolute Gasteiger partial charge is 0.248 e. The maximum absolute atomic E-state index is 13.3. The van der Waals surface area contributed by atoms with Crippen LogP contribution in [0.3, 0.4) is 0 Å². The first kappa shape index (κ1) is 12.8. The van der Waals surface area contributed by atoms with E-state index < -0.39 is 5.91 Å². The minimum Gasteiger partial charge on any atom is -0.383 e. The van der Waals surface area contributed by atoms with Crippen LogP contribution in [0.15, 0.2) is 18.2 Å². The number of rotatable bonds is 6. The molecule has 88 valence electrons. The van der Waals surface area contributed by atoms with E-state index in [1.807, 2.05) is 6.26 Å². The van der Waals surface area contributed by atoms with E-state index >= 15 is 0 Å². The summed E-state index contributed by atoms with van der Waals surface area (Å²) in [4.78, 5) is 10.9. The van der Waals surface area contributed by atoms with E-state index in [0.29, 0.717) is 17.8 Å². The Balaban J connectivity index is 2.63. The number of hydrogen-bond acceptors (Lipinski definition) is 3. The van der Waals surface area contributed by atoms with Crippen molar-refractivity contribution in [3.05, 3.63) is 29.6 Å². The summed E-state index contributed by atoms with van der Waals surface area (Å²) >= 11 is 1.74. The normalized spacial score (nSPS) is 10.1. The van der Waals surface area contributed by atoms with Gasteiger partial charge in [-0.2, -0.15) is 11.8 Å². The zero-order valence-electron chi connectivity index (χ0n) is 9.13. The maximum atomic E-state index is 13.3. The number of hydrogen-bond donors (Lipinski definition) is 2. The predicted molar refractivity (Wildman–Crippen MR) is 66.4 cm³/mol. The molecule has 0 fully saturated rings. The first-order chi connectivity index (χ1) is 7.65. The van der Waals surface area contributed by atoms with E-state index in [1.54, 1.807) is 11.8 Å². The van der Waals surface area contributed by atoms with E-state index in [0.717, 1.165) is 12.2 Å². The topological polar surface area (TPSA) is 55.1 Å². The van der Waals surface area contributed by atoms with Crippen LogP contribution in [-0.4, -0.2) is 24.5 Å². The van der Waals surface area contributed by atoms with Crippen molar-refractivity contribution < 1.29 is 9.18 Å². The van der Waals surface area contributed by atoms with Gasteiger partial charge in [-0.05, 0) is 36.6 Å². The minimum absolute atomic E-state index is 0.314. The number of halogens is 1. The van der Waals surface area contributed by atoms with Crippen LogP contribution in [-0.2, 0) is 0 Å². The highest BCUT2D eigenvalue weighted by Crippen LogP contribution is 2.16. The van der Waals surface area contributed by atoms with Gasteiger partial charge in [0.15, 0.2) is 0 Å². The van der Waals surface area contributed by atoms with Gasteiger partial charge < -0.3 is 11.1 Å². The number of benzene rings is 1. The average Bonchev–Trinajstić information content (AvgIpc) is 2.26. The van der Waals surface area contributed by atoms with Gasteiger partial charge in [-0.15, -0.1) is 0 Å². The van der Waals surface area contributed by atoms with Crippen LogP contribution in [0.25, 0.3) is 0 Å². The molecule has 0 aliphatic heterocycles. The third kappa shape index (κ3) is 3.73. The molecule has 0 unspecified atom stereocenters. The van der Waals surface area contributed by atoms with Crippen LogP contribution in [0.2, 0.25) is 0 Å². The fraction of sp³-hybridized carbons (Fsp3) is 0.364. The van der Waals surface area contributed by atoms with Crippen LogP contribution in [0.1, 0.15) is 16.8 Å². The summed E-state index contributed by atoms with van der Waals surface area (Å²) in [7, 11) is 0. The number of primary amides is 1. The highest BCUT2D eigenvalue weighted by molar-refractivity contribution is 7.98. The molecule has 0 aliphatic rings. The van der Waals surface area contributed by atoms with Crippen molar-refractivity contribution in [1.29, 1.82) is 0 Å². The summed E-state index contributed by atoms with van der Waals surface area (Å²) in [5.74, 6) is 0.103. The Bertz CT molecular complexity index is 371. The number of anilines is 1. The second kappa shape index (κ2) is 6.37. The monoisotopic (exact) mass is 242 g/mol. The maximum Gasteiger partial charge on any atom is 0.248 e. The largest absolute Gasteiger partial charge is 0.383 e. The van der Waals surface area contributed by atoms with Gasteiger partial charge in [0.1, 0.15) is 5.82 Å². The molecule has 0 saturated carbocycles. The molecule has 0 saturated heterocycles. The Morgan fingerprint density at radius 3 is 2.94 bits per heavy atom. The Hall–Kier alpha value is -1.23. The van der Waals surface area contributed by atoms with Crippen LogP contribution < -0.4 is 11.1 Å². The van der Waals surface area contributed by atoms with Crippen molar-refractivity contribution in [3.63, 3.8) is 0 Å². The molecular formula is C11H15FN2OS. The zero-order chi connectivity index (χ0) is 12.0. The molecule has 5 heteroatoms. The number of thioether (sulfide) groups is 1. The minimum atomic E-state index is -0.549. The Morgan fingerprint density at radius 1 is 1.56 bits per heavy atom. The summed E-state index contributed by atoms with van der Waals surface area (Å²) in [6.45, 7) is 0.681. The second-order valence-electron chi connectivity index (χ2n) is 3.33. The molecule has 0 aliphatic carbocycles. The number of nitrogens with two attached hydrogens (primary N) is 1. The molecule has 3 N–H and O–H groups in total. The van der Waals surface area contributed by atoms with E-state index in [-0.39, 0.29) is 5.82 Å². The van der Waals surface area contributed by atoms with E-state index in [1.165, 1.54) is 18.2 Å². The molecule has 3 nitrogen and oxygen atoms in total. The highest BCUT2D eigenvalue weighted by atomic mass is 32.2. The molecule has 1 aromatic rings. The fourth-order valence-corrected chi connectivity index (χ4v) is 1.69. The SMILES string of the molecule is CSCCCNc1cc(C(N)=O)ccc1F. The van der Waals surface area contributed by atoms with Gasteiger partial charge in [-0.25, -0.2) is 4.39 Å². The third-order valence-electron chi connectivity index (χ3n) is 2.09. The summed E-state index contributed by atoms with van der Waals surface area (Å²) in [6, 6.07) is 4.07. The van der Waals surface area contributed by atoms with Gasteiger partial charge in [0.2, 0.25) is 5.91 Å². The fourth-order valence-electron chi connectivity index (χ4n) is 1.25. The molecule has 0 spiro atoms. The number of amides is 1. The lowest BCUT2D eigenvalue weighted by molar-refractivity contribution is 0.100. The predicted octanol–water partition coefficient (Wildman–Crippen LogP) is 2.09. The van der Waals surface area contributed by atoms with Gasteiger partial charge in [-0.3, -0.25) is 4.79 Å². The van der Waals surface area contributed by atoms with Crippen molar-refractivity contribution in [1.82, 2.24) is 0 Å². The molecule has 16 heavy (non-hydrogen) atoms. The van der Waals surface area contributed by atoms with Gasteiger partial charge in [-0.1, -0.05) is 0 Å². The van der Waals surface area contributed by atoms with Crippen molar-refractivity contribution in [2.24, 2.45) is 5.73 Å². The molecule has 0 bridgehead atoms. The standard InChI is InChI=1S/C11H15FN2OS/c1-16-6-2-5-14-10-7-8(11(13)15)3-4-9(10)12/h3-4,7,14H,2,5-6H2,1H3,(H2,13,15). The average molecular weight is 242 g/mol. The lowest BCUT2D eigenvalue weighted by Gasteiger charge is -2.08. The number of carbonyl (C=O) groups is 1. The number of carbonyl (C=O) groups excluding carboxylic acids is 1. The Labute approximate surface area is 98.6 Å². The van der Waals surface area contributed by atoms with Crippen LogP contribution >= 0.6 is 11.8 Å². The quantitative estimate of drug-likeness (QED) is 0.751. The molecule has 1 aromatic carbocycles. The van der Waals surface area contributed by atoms with Gasteiger partial charge in [0, 0.05) is 12.1 Å². The first-order valence-electron chi connectivity index (χ1n) is 4.97. The Kier molecular flexibility index (Phi) is 5.11.